The van der Waals surface area contributed by atoms with Crippen LogP contribution in [0.3, 0.4) is 0 Å². The number of aromatic nitrogens is 3. The molecule has 4 aromatic rings. The van der Waals surface area contributed by atoms with Gasteiger partial charge in [-0.2, -0.15) is 0 Å². The Balaban J connectivity index is 1.60. The zero-order valence-corrected chi connectivity index (χ0v) is 18.1. The van der Waals surface area contributed by atoms with Gasteiger partial charge in [0.2, 0.25) is 0 Å². The first-order chi connectivity index (χ1) is 16.4. The molecule has 1 atom stereocenters. The van der Waals surface area contributed by atoms with Crippen LogP contribution in [0.4, 0.5) is 11.4 Å². The number of hydrogen-bond donors (Lipinski definition) is 2. The molecule has 170 valence electrons. The minimum atomic E-state index is -0.990. The predicted molar refractivity (Wildman–Crippen MR) is 124 cm³/mol. The van der Waals surface area contributed by atoms with Crippen molar-refractivity contribution in [3.05, 3.63) is 112 Å². The van der Waals surface area contributed by atoms with E-state index in [9.17, 15) is 19.7 Å². The van der Waals surface area contributed by atoms with Crippen molar-refractivity contribution < 1.29 is 14.5 Å². The molecule has 0 saturated heterocycles. The monoisotopic (exact) mass is 456 g/mol. The Morgan fingerprint density at radius 2 is 1.65 bits per heavy atom. The summed E-state index contributed by atoms with van der Waals surface area (Å²) < 4.78 is 1.34. The summed E-state index contributed by atoms with van der Waals surface area (Å²) >= 11 is 0. The number of rotatable bonds is 7. The number of carbonyl (C=O) groups is 2. The minimum Gasteiger partial charge on any atom is -0.335 e. The van der Waals surface area contributed by atoms with Crippen molar-refractivity contribution in [2.45, 2.75) is 13.0 Å². The Bertz CT molecular complexity index is 1340. The van der Waals surface area contributed by atoms with Crippen LogP contribution in [-0.4, -0.2) is 31.7 Å². The maximum Gasteiger partial charge on any atom is 0.274 e. The van der Waals surface area contributed by atoms with Crippen LogP contribution in [0.25, 0.3) is 5.69 Å². The van der Waals surface area contributed by atoms with Gasteiger partial charge in [-0.15, -0.1) is 5.10 Å². The minimum absolute atomic E-state index is 0.0000478. The molecule has 0 spiro atoms. The van der Waals surface area contributed by atoms with E-state index in [2.05, 4.69) is 20.9 Å². The molecule has 0 fully saturated rings. The normalized spacial score (nSPS) is 11.4. The van der Waals surface area contributed by atoms with Gasteiger partial charge in [-0.3, -0.25) is 19.7 Å². The van der Waals surface area contributed by atoms with Crippen molar-refractivity contribution in [1.82, 2.24) is 20.3 Å². The number of nitro groups is 1. The Hall–Kier alpha value is -4.86. The van der Waals surface area contributed by atoms with Crippen molar-refractivity contribution in [3.63, 3.8) is 0 Å². The van der Waals surface area contributed by atoms with Gasteiger partial charge in [0.1, 0.15) is 6.04 Å². The number of amides is 2. The lowest BCUT2D eigenvalue weighted by Crippen LogP contribution is -2.37. The highest BCUT2D eigenvalue weighted by atomic mass is 16.6. The van der Waals surface area contributed by atoms with Crippen LogP contribution in [0, 0.1) is 17.0 Å². The van der Waals surface area contributed by atoms with Crippen molar-refractivity contribution in [2.75, 3.05) is 5.32 Å². The SMILES string of the molecule is Cc1c(C(=O)NC(C(=O)Nc2ccccc2)c2ccccc2)nnn1-c1cccc([N+](=O)[O-])c1. The first-order valence-electron chi connectivity index (χ1n) is 10.3. The Morgan fingerprint density at radius 3 is 2.32 bits per heavy atom. The van der Waals surface area contributed by atoms with Crippen LogP contribution in [0.2, 0.25) is 0 Å². The van der Waals surface area contributed by atoms with Gasteiger partial charge in [0.05, 0.1) is 16.3 Å². The topological polar surface area (TPSA) is 132 Å². The van der Waals surface area contributed by atoms with Gasteiger partial charge in [-0.25, -0.2) is 4.68 Å². The van der Waals surface area contributed by atoms with E-state index in [4.69, 9.17) is 0 Å². The molecule has 4 rings (SSSR count). The largest absolute Gasteiger partial charge is 0.335 e. The fraction of sp³-hybridized carbons (Fsp3) is 0.0833. The number of benzene rings is 3. The summed E-state index contributed by atoms with van der Waals surface area (Å²) in [6.07, 6.45) is 0. The number of non-ortho nitro benzene ring substituents is 1. The maximum atomic E-state index is 13.1. The predicted octanol–water partition coefficient (Wildman–Crippen LogP) is 3.59. The van der Waals surface area contributed by atoms with Gasteiger partial charge < -0.3 is 10.6 Å². The van der Waals surface area contributed by atoms with Crippen molar-refractivity contribution >= 4 is 23.2 Å². The van der Waals surface area contributed by atoms with Gasteiger partial charge in [-0.05, 0) is 30.7 Å². The quantitative estimate of drug-likeness (QED) is 0.323. The molecule has 1 unspecified atom stereocenters. The van der Waals surface area contributed by atoms with Crippen LogP contribution < -0.4 is 10.6 Å². The summed E-state index contributed by atoms with van der Waals surface area (Å²) in [5, 5.41) is 24.6. The average Bonchev–Trinajstić information content (AvgIpc) is 3.25. The van der Waals surface area contributed by atoms with Crippen LogP contribution in [-0.2, 0) is 4.79 Å². The summed E-state index contributed by atoms with van der Waals surface area (Å²) in [6, 6.07) is 22.6. The summed E-state index contributed by atoms with van der Waals surface area (Å²) in [6.45, 7) is 1.62. The maximum absolute atomic E-state index is 13.1. The van der Waals surface area contributed by atoms with E-state index in [1.807, 2.05) is 12.1 Å². The van der Waals surface area contributed by atoms with Gasteiger partial charge in [0.25, 0.3) is 17.5 Å². The molecule has 10 nitrogen and oxygen atoms in total. The smallest absolute Gasteiger partial charge is 0.274 e. The molecule has 0 aliphatic heterocycles. The number of nitrogens with one attached hydrogen (secondary N) is 2. The average molecular weight is 456 g/mol. The van der Waals surface area contributed by atoms with Crippen molar-refractivity contribution in [3.8, 4) is 5.69 Å². The molecule has 2 amide bonds. The van der Waals surface area contributed by atoms with E-state index in [0.29, 0.717) is 22.6 Å². The third-order valence-electron chi connectivity index (χ3n) is 5.11. The Morgan fingerprint density at radius 1 is 0.971 bits per heavy atom. The number of para-hydroxylation sites is 1. The summed E-state index contributed by atoms with van der Waals surface area (Å²) in [5.41, 5.74) is 1.83. The Kier molecular flexibility index (Phi) is 6.40. The summed E-state index contributed by atoms with van der Waals surface area (Å²) in [4.78, 5) is 36.7. The number of nitro benzene ring substituents is 1. The Labute approximate surface area is 194 Å². The summed E-state index contributed by atoms with van der Waals surface area (Å²) in [7, 11) is 0. The zero-order valence-electron chi connectivity index (χ0n) is 18.1. The highest BCUT2D eigenvalue weighted by Gasteiger charge is 2.26. The lowest BCUT2D eigenvalue weighted by Gasteiger charge is -2.18. The fourth-order valence-electron chi connectivity index (χ4n) is 3.40. The zero-order chi connectivity index (χ0) is 24.1. The van der Waals surface area contributed by atoms with Crippen LogP contribution >= 0.6 is 0 Å². The van der Waals surface area contributed by atoms with Crippen LogP contribution in [0.15, 0.2) is 84.9 Å². The molecule has 0 bridgehead atoms. The van der Waals surface area contributed by atoms with E-state index in [1.165, 1.54) is 22.9 Å². The number of nitrogens with zero attached hydrogens (tertiary/aromatic N) is 4. The van der Waals surface area contributed by atoms with E-state index in [0.717, 1.165) is 0 Å². The molecule has 10 heteroatoms. The van der Waals surface area contributed by atoms with Gasteiger partial charge in [0.15, 0.2) is 5.69 Å². The number of anilines is 1. The molecule has 0 aliphatic rings. The standard InChI is InChI=1S/C24H20N6O4/c1-16-21(27-28-29(16)19-13-8-14-20(15-19)30(33)34)23(31)26-22(17-9-4-2-5-10-17)24(32)25-18-11-6-3-7-12-18/h2-15,22H,1H3,(H,25,32)(H,26,31). The van der Waals surface area contributed by atoms with Gasteiger partial charge in [0, 0.05) is 17.8 Å². The number of hydrogen-bond acceptors (Lipinski definition) is 6. The fourth-order valence-corrected chi connectivity index (χ4v) is 3.40. The lowest BCUT2D eigenvalue weighted by atomic mass is 10.1. The second kappa shape index (κ2) is 9.74. The second-order valence-electron chi connectivity index (χ2n) is 7.38. The van der Waals surface area contributed by atoms with Crippen molar-refractivity contribution in [1.29, 1.82) is 0 Å². The van der Waals surface area contributed by atoms with Crippen LogP contribution in [0.1, 0.15) is 27.8 Å². The van der Waals surface area contributed by atoms with E-state index < -0.39 is 22.8 Å². The highest BCUT2D eigenvalue weighted by molar-refractivity contribution is 6.01. The van der Waals surface area contributed by atoms with Gasteiger partial charge in [-0.1, -0.05) is 59.8 Å². The van der Waals surface area contributed by atoms with Crippen LogP contribution in [0.5, 0.6) is 0 Å². The summed E-state index contributed by atoms with van der Waals surface area (Å²) in [5.74, 6) is -1.03. The first-order valence-corrected chi connectivity index (χ1v) is 10.3. The van der Waals surface area contributed by atoms with Crippen molar-refractivity contribution in [2.24, 2.45) is 0 Å². The molecule has 0 radical (unpaired) electrons. The molecular formula is C24H20N6O4. The number of carbonyl (C=O) groups excluding carboxylic acids is 2. The molecule has 3 aromatic carbocycles. The molecule has 0 aliphatic carbocycles. The molecule has 34 heavy (non-hydrogen) atoms. The van der Waals surface area contributed by atoms with E-state index in [1.54, 1.807) is 61.5 Å². The van der Waals surface area contributed by atoms with E-state index in [-0.39, 0.29) is 11.4 Å². The molecule has 0 saturated carbocycles. The molecule has 2 N–H and O–H groups in total. The second-order valence-corrected chi connectivity index (χ2v) is 7.38. The third kappa shape index (κ3) is 4.80. The third-order valence-corrected chi connectivity index (χ3v) is 5.11. The molecule has 1 heterocycles. The lowest BCUT2D eigenvalue weighted by molar-refractivity contribution is -0.384. The first kappa shape index (κ1) is 22.3. The highest BCUT2D eigenvalue weighted by Crippen LogP contribution is 2.20. The molecular weight excluding hydrogens is 436 g/mol. The molecule has 1 aromatic heterocycles. The van der Waals surface area contributed by atoms with E-state index >= 15 is 0 Å². The van der Waals surface area contributed by atoms with Gasteiger partial charge >= 0.3 is 0 Å².